The molecule has 0 saturated carbocycles. The largest absolute Gasteiger partial charge is 0.394 e. The van der Waals surface area contributed by atoms with Crippen molar-refractivity contribution in [1.82, 2.24) is 9.78 Å². The van der Waals surface area contributed by atoms with Crippen molar-refractivity contribution in [1.29, 1.82) is 0 Å². The van der Waals surface area contributed by atoms with Crippen molar-refractivity contribution in [2.24, 2.45) is 4.99 Å². The van der Waals surface area contributed by atoms with Crippen LogP contribution in [0.25, 0.3) is 0 Å². The number of hydrogen-bond acceptors (Lipinski definition) is 3. The van der Waals surface area contributed by atoms with Gasteiger partial charge in [0.05, 0.1) is 17.8 Å². The average molecular weight is 237 g/mol. The molecule has 17 heavy (non-hydrogen) atoms. The molecule has 1 aromatic rings. The fraction of sp³-hybridized carbons (Fsp3) is 0.692. The van der Waals surface area contributed by atoms with E-state index in [2.05, 4.69) is 23.9 Å². The quantitative estimate of drug-likeness (QED) is 0.797. The van der Waals surface area contributed by atoms with Gasteiger partial charge in [-0.1, -0.05) is 6.92 Å². The maximum Gasteiger partial charge on any atom is 0.0782 e. The van der Waals surface area contributed by atoms with Gasteiger partial charge in [-0.2, -0.15) is 5.10 Å². The van der Waals surface area contributed by atoms with E-state index < -0.39 is 5.54 Å². The lowest BCUT2D eigenvalue weighted by Crippen LogP contribution is -2.22. The Morgan fingerprint density at radius 1 is 1.41 bits per heavy atom. The first-order valence-corrected chi connectivity index (χ1v) is 6.11. The molecule has 4 nitrogen and oxygen atoms in total. The standard InChI is InChI=1S/C13H23N3O/c1-6-7-16-11(3)12(10(2)15-16)8-14-13(4,5)9-17/h8,17H,6-7,9H2,1-5H3. The van der Waals surface area contributed by atoms with Gasteiger partial charge in [0.1, 0.15) is 0 Å². The normalized spacial score (nSPS) is 12.6. The number of nitrogens with zero attached hydrogens (tertiary/aromatic N) is 3. The molecule has 4 heteroatoms. The summed E-state index contributed by atoms with van der Waals surface area (Å²) in [5, 5.41) is 13.7. The van der Waals surface area contributed by atoms with Gasteiger partial charge in [-0.25, -0.2) is 0 Å². The summed E-state index contributed by atoms with van der Waals surface area (Å²) in [5.74, 6) is 0. The van der Waals surface area contributed by atoms with Crippen molar-refractivity contribution >= 4 is 6.21 Å². The zero-order chi connectivity index (χ0) is 13.1. The van der Waals surface area contributed by atoms with Crippen LogP contribution in [0.4, 0.5) is 0 Å². The Kier molecular flexibility index (Phi) is 4.46. The first-order valence-electron chi connectivity index (χ1n) is 6.11. The molecule has 0 bridgehead atoms. The third-order valence-electron chi connectivity index (χ3n) is 2.80. The van der Waals surface area contributed by atoms with Crippen molar-refractivity contribution in [3.05, 3.63) is 17.0 Å². The molecule has 0 fully saturated rings. The van der Waals surface area contributed by atoms with E-state index in [1.165, 1.54) is 0 Å². The van der Waals surface area contributed by atoms with E-state index in [1.54, 1.807) is 0 Å². The van der Waals surface area contributed by atoms with E-state index in [0.29, 0.717) is 0 Å². The van der Waals surface area contributed by atoms with Crippen molar-refractivity contribution in [2.45, 2.75) is 53.1 Å². The molecule has 0 spiro atoms. The lowest BCUT2D eigenvalue weighted by molar-refractivity contribution is 0.223. The first-order chi connectivity index (χ1) is 7.91. The fourth-order valence-corrected chi connectivity index (χ4v) is 1.61. The zero-order valence-electron chi connectivity index (χ0n) is 11.5. The minimum Gasteiger partial charge on any atom is -0.394 e. The summed E-state index contributed by atoms with van der Waals surface area (Å²) in [6.45, 7) is 11.0. The second-order valence-corrected chi connectivity index (χ2v) is 5.04. The van der Waals surface area contributed by atoms with Crippen LogP contribution >= 0.6 is 0 Å². The molecular weight excluding hydrogens is 214 g/mol. The zero-order valence-corrected chi connectivity index (χ0v) is 11.5. The monoisotopic (exact) mass is 237 g/mol. The molecule has 1 heterocycles. The van der Waals surface area contributed by atoms with Crippen molar-refractivity contribution in [3.63, 3.8) is 0 Å². The van der Waals surface area contributed by atoms with Crippen molar-refractivity contribution in [3.8, 4) is 0 Å². The van der Waals surface area contributed by atoms with Gasteiger partial charge in [0.2, 0.25) is 0 Å². The molecule has 0 unspecified atom stereocenters. The molecular formula is C13H23N3O. The summed E-state index contributed by atoms with van der Waals surface area (Å²) >= 11 is 0. The predicted octanol–water partition coefficient (Wildman–Crippen LogP) is 2.10. The molecule has 0 radical (unpaired) electrons. The number of rotatable bonds is 5. The Hall–Kier alpha value is -1.16. The van der Waals surface area contributed by atoms with E-state index in [0.717, 1.165) is 29.9 Å². The van der Waals surface area contributed by atoms with Crippen molar-refractivity contribution < 1.29 is 5.11 Å². The highest BCUT2D eigenvalue weighted by Crippen LogP contribution is 2.13. The molecule has 0 saturated heterocycles. The number of hydrogen-bond donors (Lipinski definition) is 1. The average Bonchev–Trinajstić information content (AvgIpc) is 2.53. The number of aliphatic hydroxyl groups is 1. The Morgan fingerprint density at radius 2 is 2.06 bits per heavy atom. The smallest absolute Gasteiger partial charge is 0.0782 e. The molecule has 96 valence electrons. The summed E-state index contributed by atoms with van der Waals surface area (Å²) in [4.78, 5) is 4.41. The minimum absolute atomic E-state index is 0.0463. The van der Waals surface area contributed by atoms with Crippen LogP contribution in [-0.4, -0.2) is 33.2 Å². The highest BCUT2D eigenvalue weighted by molar-refractivity contribution is 5.82. The highest BCUT2D eigenvalue weighted by atomic mass is 16.3. The van der Waals surface area contributed by atoms with Crippen LogP contribution in [-0.2, 0) is 6.54 Å². The van der Waals surface area contributed by atoms with E-state index in [9.17, 15) is 0 Å². The van der Waals surface area contributed by atoms with Crippen LogP contribution < -0.4 is 0 Å². The predicted molar refractivity (Wildman–Crippen MR) is 70.8 cm³/mol. The van der Waals surface area contributed by atoms with Crippen LogP contribution in [0, 0.1) is 13.8 Å². The van der Waals surface area contributed by atoms with Crippen molar-refractivity contribution in [2.75, 3.05) is 6.61 Å². The van der Waals surface area contributed by atoms with E-state index >= 15 is 0 Å². The van der Waals surface area contributed by atoms with Gasteiger partial charge in [-0.3, -0.25) is 9.67 Å². The molecule has 0 aliphatic carbocycles. The van der Waals surface area contributed by atoms with Gasteiger partial charge < -0.3 is 5.11 Å². The van der Waals surface area contributed by atoms with Gasteiger partial charge in [0.15, 0.2) is 0 Å². The summed E-state index contributed by atoms with van der Waals surface area (Å²) in [5.41, 5.74) is 2.78. The molecule has 1 rings (SSSR count). The van der Waals surface area contributed by atoms with Gasteiger partial charge in [-0.05, 0) is 34.1 Å². The second kappa shape index (κ2) is 5.45. The van der Waals surface area contributed by atoms with Gasteiger partial charge in [0, 0.05) is 24.0 Å². The summed E-state index contributed by atoms with van der Waals surface area (Å²) in [6.07, 6.45) is 2.90. The first kappa shape index (κ1) is 13.9. The molecule has 1 N–H and O–H groups in total. The Bertz CT molecular complexity index is 405. The summed E-state index contributed by atoms with van der Waals surface area (Å²) in [6, 6.07) is 0. The molecule has 0 aromatic carbocycles. The maximum absolute atomic E-state index is 9.17. The lowest BCUT2D eigenvalue weighted by Gasteiger charge is -2.15. The number of aliphatic imine (C=N–C) groups is 1. The molecule has 0 amide bonds. The molecule has 0 aliphatic rings. The Balaban J connectivity index is 2.99. The van der Waals surface area contributed by atoms with Crippen LogP contribution in [0.5, 0.6) is 0 Å². The minimum atomic E-state index is -0.425. The Labute approximate surface area is 103 Å². The molecule has 1 aromatic heterocycles. The van der Waals surface area contributed by atoms with Crippen LogP contribution in [0.3, 0.4) is 0 Å². The lowest BCUT2D eigenvalue weighted by atomic mass is 10.1. The Morgan fingerprint density at radius 3 is 2.59 bits per heavy atom. The highest BCUT2D eigenvalue weighted by Gasteiger charge is 2.14. The second-order valence-electron chi connectivity index (χ2n) is 5.04. The van der Waals surface area contributed by atoms with Gasteiger partial charge in [0.25, 0.3) is 0 Å². The van der Waals surface area contributed by atoms with Crippen LogP contribution in [0.1, 0.15) is 44.1 Å². The topological polar surface area (TPSA) is 50.4 Å². The van der Waals surface area contributed by atoms with Crippen LogP contribution in [0.2, 0.25) is 0 Å². The van der Waals surface area contributed by atoms with Gasteiger partial charge in [-0.15, -0.1) is 0 Å². The number of aromatic nitrogens is 2. The summed E-state index contributed by atoms with van der Waals surface area (Å²) < 4.78 is 2.02. The fourth-order valence-electron chi connectivity index (χ4n) is 1.61. The van der Waals surface area contributed by atoms with E-state index in [4.69, 9.17) is 5.11 Å². The van der Waals surface area contributed by atoms with E-state index in [1.807, 2.05) is 31.7 Å². The third-order valence-corrected chi connectivity index (χ3v) is 2.80. The SMILES string of the molecule is CCCn1nc(C)c(C=NC(C)(C)CO)c1C. The van der Waals surface area contributed by atoms with E-state index in [-0.39, 0.29) is 6.61 Å². The van der Waals surface area contributed by atoms with Crippen LogP contribution in [0.15, 0.2) is 4.99 Å². The molecule has 0 atom stereocenters. The maximum atomic E-state index is 9.17. The van der Waals surface area contributed by atoms with Gasteiger partial charge >= 0.3 is 0 Å². The number of aryl methyl sites for hydroxylation is 2. The third kappa shape index (κ3) is 3.40. The molecule has 0 aliphatic heterocycles. The number of aliphatic hydroxyl groups excluding tert-OH is 1. The summed E-state index contributed by atoms with van der Waals surface area (Å²) in [7, 11) is 0.